The van der Waals surface area contributed by atoms with Gasteiger partial charge in [0.1, 0.15) is 0 Å². The third kappa shape index (κ3) is 10.1. The zero-order valence-corrected chi connectivity index (χ0v) is 53.7. The highest BCUT2D eigenvalue weighted by molar-refractivity contribution is 6.01. The van der Waals surface area contributed by atoms with Crippen molar-refractivity contribution in [1.29, 1.82) is 0 Å². The second-order valence-corrected chi connectivity index (χ2v) is 22.8. The molecule has 8 nitrogen and oxygen atoms in total. The number of hydrogen-bond donors (Lipinski definition) is 4. The van der Waals surface area contributed by atoms with Crippen LogP contribution in [0.15, 0.2) is 42.5 Å². The van der Waals surface area contributed by atoms with Gasteiger partial charge in [0.25, 0.3) is 0 Å². The lowest BCUT2D eigenvalue weighted by atomic mass is 9.94. The van der Waals surface area contributed by atoms with E-state index < -0.39 is 0 Å². The number of aryl methyl sites for hydroxylation is 8. The van der Waals surface area contributed by atoms with Gasteiger partial charge in [-0.3, -0.25) is 0 Å². The van der Waals surface area contributed by atoms with Gasteiger partial charge < -0.3 is 19.9 Å². The number of hydrogen-bond acceptors (Lipinski definition) is 4. The van der Waals surface area contributed by atoms with Gasteiger partial charge in [-0.2, -0.15) is 0 Å². The third-order valence-electron chi connectivity index (χ3n) is 18.8. The Hall–Kier alpha value is -7.50. The monoisotopic (exact) mass is 1120 g/mol. The number of aromatic nitrogens is 8. The molecular weight excluding hydrogens is 1020 g/mol. The lowest BCUT2D eigenvalue weighted by Gasteiger charge is -2.08. The van der Waals surface area contributed by atoms with Crippen LogP contribution in [0, 0.1) is 11.8 Å². The first kappa shape index (κ1) is 59.7. The van der Waals surface area contributed by atoms with Crippen LogP contribution in [0.4, 0.5) is 0 Å². The van der Waals surface area contributed by atoms with Crippen LogP contribution in [0.25, 0.3) is 94.8 Å². The molecule has 6 aromatic rings. The second kappa shape index (κ2) is 25.4. The van der Waals surface area contributed by atoms with Crippen LogP contribution in [-0.4, -0.2) is 39.9 Å². The Bertz CT molecular complexity index is 4080. The molecule has 6 aromatic heterocycles. The van der Waals surface area contributed by atoms with E-state index in [9.17, 15) is 0 Å². The number of rotatable bonds is 17. The van der Waals surface area contributed by atoms with Crippen molar-refractivity contribution in [3.63, 3.8) is 0 Å². The van der Waals surface area contributed by atoms with Crippen molar-refractivity contribution >= 4 is 94.8 Å². The fourth-order valence-electron chi connectivity index (χ4n) is 14.9. The number of H-pyrrole nitrogens is 4. The largest absolute Gasteiger partial charge is 0.355 e. The van der Waals surface area contributed by atoms with Gasteiger partial charge in [-0.05, 0) is 240 Å². The summed E-state index contributed by atoms with van der Waals surface area (Å²) in [4.78, 5) is 38.7. The van der Waals surface area contributed by atoms with Crippen LogP contribution in [0.1, 0.15) is 263 Å². The molecule has 10 rings (SSSR count). The molecule has 0 saturated carbocycles. The van der Waals surface area contributed by atoms with Gasteiger partial charge in [0.15, 0.2) is 0 Å². The van der Waals surface area contributed by atoms with Gasteiger partial charge in [0, 0.05) is 44.2 Å². The summed E-state index contributed by atoms with van der Waals surface area (Å²) in [5, 5.41) is 0. The Labute approximate surface area is 501 Å². The molecule has 0 unspecified atom stereocenters. The second-order valence-electron chi connectivity index (χ2n) is 22.8. The Morgan fingerprint density at radius 2 is 0.583 bits per heavy atom. The van der Waals surface area contributed by atoms with E-state index in [1.807, 2.05) is 0 Å². The highest BCUT2D eigenvalue weighted by Gasteiger charge is 2.29. The van der Waals surface area contributed by atoms with Crippen LogP contribution >= 0.6 is 0 Å². The average molecular weight is 1120 g/mol. The topological polar surface area (TPSA) is 115 Å². The minimum Gasteiger partial charge on any atom is -0.355 e. The molecule has 0 amide bonds. The summed E-state index contributed by atoms with van der Waals surface area (Å²) in [6.45, 7) is 36.5. The molecule has 0 aliphatic carbocycles. The van der Waals surface area contributed by atoms with Gasteiger partial charge in [-0.1, -0.05) is 123 Å². The molecule has 0 radical (unpaired) electrons. The van der Waals surface area contributed by atoms with Crippen molar-refractivity contribution in [3.8, 4) is 11.8 Å². The van der Waals surface area contributed by atoms with Crippen LogP contribution in [0.2, 0.25) is 0 Å². The first-order valence-electron chi connectivity index (χ1n) is 32.6. The van der Waals surface area contributed by atoms with Crippen molar-refractivity contribution in [1.82, 2.24) is 39.9 Å². The first-order valence-corrected chi connectivity index (χ1v) is 32.6. The van der Waals surface area contributed by atoms with Crippen LogP contribution < -0.4 is 0 Å². The van der Waals surface area contributed by atoms with Gasteiger partial charge in [-0.25, -0.2) is 19.9 Å². The third-order valence-corrected chi connectivity index (χ3v) is 18.8. The molecule has 0 saturated heterocycles. The molecule has 16 bridgehead atoms. The lowest BCUT2D eigenvalue weighted by Crippen LogP contribution is -1.95. The summed E-state index contributed by atoms with van der Waals surface area (Å²) in [5.74, 6) is 7.60. The SMILES string of the molecule is CCC1=C(CC)c2cc3[nH]c(cc4[nH]c(c(/C=C/C#Cc5c6nc(cc7[nH]c(cc8[nH]c(cc9nc5C(CC)=C9CC)c(CC)c8CC)c(CC)c7CC)C(CC)=C6CC)c5nc(cc1n2)C(CC)=C5CC)c(CC)c4CC)c(CC)c3CC. The zero-order valence-electron chi connectivity index (χ0n) is 53.7. The van der Waals surface area contributed by atoms with E-state index >= 15 is 0 Å². The summed E-state index contributed by atoms with van der Waals surface area (Å²) in [6.07, 6.45) is 18.6. The molecular formula is C76H92N8. The van der Waals surface area contributed by atoms with Gasteiger partial charge in [0.2, 0.25) is 0 Å². The zero-order chi connectivity index (χ0) is 59.7. The summed E-state index contributed by atoms with van der Waals surface area (Å²) in [6, 6.07) is 14.0. The van der Waals surface area contributed by atoms with Gasteiger partial charge in [-0.15, -0.1) is 0 Å². The Morgan fingerprint density at radius 1 is 0.298 bits per heavy atom. The fraction of sp³-hybridized carbons (Fsp3) is 0.421. The Kier molecular flexibility index (Phi) is 18.0. The summed E-state index contributed by atoms with van der Waals surface area (Å²) >= 11 is 0. The van der Waals surface area contributed by atoms with Crippen molar-refractivity contribution in [2.45, 2.75) is 214 Å². The molecule has 0 atom stereocenters. The van der Waals surface area contributed by atoms with E-state index in [-0.39, 0.29) is 0 Å². The molecule has 0 spiro atoms. The van der Waals surface area contributed by atoms with E-state index in [1.165, 1.54) is 100 Å². The minimum absolute atomic E-state index is 0.825. The first-order chi connectivity index (χ1) is 40.9. The number of fused-ring (bicyclic) bond motifs is 16. The summed E-state index contributed by atoms with van der Waals surface area (Å²) in [5.41, 5.74) is 40.3. The average Bonchev–Trinajstić information content (AvgIpc) is 2.67. The number of aromatic amines is 4. The predicted molar refractivity (Wildman–Crippen MR) is 363 cm³/mol. The number of nitrogens with one attached hydrogen (secondary N) is 4. The molecule has 4 aliphatic heterocycles. The molecule has 0 aromatic carbocycles. The van der Waals surface area contributed by atoms with Crippen molar-refractivity contribution in [3.05, 3.63) is 144 Å². The molecule has 10 heterocycles. The molecule has 436 valence electrons. The number of allylic oxidation sites excluding steroid dienone is 9. The highest BCUT2D eigenvalue weighted by Crippen LogP contribution is 2.44. The number of nitrogens with zero attached hydrogens (tertiary/aromatic N) is 4. The fourth-order valence-corrected chi connectivity index (χ4v) is 14.9. The van der Waals surface area contributed by atoms with Crippen molar-refractivity contribution in [2.24, 2.45) is 0 Å². The van der Waals surface area contributed by atoms with E-state index in [4.69, 9.17) is 19.9 Å². The van der Waals surface area contributed by atoms with Crippen LogP contribution in [-0.2, 0) is 51.4 Å². The molecule has 4 aliphatic rings. The van der Waals surface area contributed by atoms with E-state index in [0.717, 1.165) is 193 Å². The van der Waals surface area contributed by atoms with Crippen molar-refractivity contribution < 1.29 is 0 Å². The Balaban J connectivity index is 1.34. The molecule has 0 fully saturated rings. The standard InChI is InChI=1S/C76H92N8/c1-17-43-47(21-5)65-39-69-51(25-9)55(29-13)73(81-69)59(74-56(30-14)52(26-10)70(82-74)40-66-48(22-6)44(18-2)62(78-66)37-61(43)77-65)35-33-34-36-60-75-57(31-15)53(27-11)71(83-75)41-67-49(23-7)45(19-3)63(79-67)38-64-46(20-4)50(24-8)68(80-64)42-72-54(28-12)58(32-16)76(60)84-72/h33,35,37-42,77,79-81H,17-32H2,1-16H3/b35-33+,61-37?,62-37?,63-38?,64-38?,65-39?,66-40?,67-41?,68-42?,69-39?,70-40?,71-41?,72-42?,73-59?,74-59?,75-60?,76-60?. The van der Waals surface area contributed by atoms with Crippen molar-refractivity contribution in [2.75, 3.05) is 0 Å². The molecule has 8 heteroatoms. The van der Waals surface area contributed by atoms with Crippen LogP contribution in [0.3, 0.4) is 0 Å². The van der Waals surface area contributed by atoms with E-state index in [2.05, 4.69) is 191 Å². The van der Waals surface area contributed by atoms with E-state index in [0.29, 0.717) is 0 Å². The Morgan fingerprint density at radius 3 is 0.952 bits per heavy atom. The maximum absolute atomic E-state index is 5.75. The maximum Gasteiger partial charge on any atom is 0.0851 e. The molecule has 84 heavy (non-hydrogen) atoms. The lowest BCUT2D eigenvalue weighted by molar-refractivity contribution is 1.07. The molecule has 4 N–H and O–H groups in total. The smallest absolute Gasteiger partial charge is 0.0851 e. The highest BCUT2D eigenvalue weighted by atomic mass is 14.8. The van der Waals surface area contributed by atoms with E-state index in [1.54, 1.807) is 0 Å². The normalized spacial score (nSPS) is 13.7. The quantitative estimate of drug-likeness (QED) is 0.0681. The summed E-state index contributed by atoms with van der Waals surface area (Å²) < 4.78 is 0. The summed E-state index contributed by atoms with van der Waals surface area (Å²) in [7, 11) is 0. The van der Waals surface area contributed by atoms with Gasteiger partial charge >= 0.3 is 0 Å². The predicted octanol–water partition coefficient (Wildman–Crippen LogP) is 20.4. The van der Waals surface area contributed by atoms with Gasteiger partial charge in [0.05, 0.1) is 56.6 Å². The minimum atomic E-state index is 0.825. The van der Waals surface area contributed by atoms with Crippen LogP contribution in [0.5, 0.6) is 0 Å². The maximum atomic E-state index is 5.75.